The molecule has 0 saturated carbocycles. The maximum absolute atomic E-state index is 12.8. The third-order valence-electron chi connectivity index (χ3n) is 4.65. The highest BCUT2D eigenvalue weighted by molar-refractivity contribution is 6.06. The predicted octanol–water partition coefficient (Wildman–Crippen LogP) is 4.13. The van der Waals surface area contributed by atoms with Gasteiger partial charge >= 0.3 is 0 Å². The Morgan fingerprint density at radius 2 is 1.85 bits per heavy atom. The van der Waals surface area contributed by atoms with E-state index in [0.29, 0.717) is 23.3 Å². The molecule has 0 aliphatic heterocycles. The van der Waals surface area contributed by atoms with Crippen molar-refractivity contribution in [3.8, 4) is 0 Å². The Bertz CT molecular complexity index is 1240. The summed E-state index contributed by atoms with van der Waals surface area (Å²) >= 11 is 0. The van der Waals surface area contributed by atoms with Crippen molar-refractivity contribution >= 4 is 33.4 Å². The molecule has 4 aromatic rings. The average molecular weight is 357 g/mol. The Kier molecular flexibility index (Phi) is 4.20. The summed E-state index contributed by atoms with van der Waals surface area (Å²) in [7, 11) is 0. The van der Waals surface area contributed by atoms with Crippen molar-refractivity contribution in [2.45, 2.75) is 20.4 Å². The van der Waals surface area contributed by atoms with E-state index in [1.807, 2.05) is 60.9 Å². The van der Waals surface area contributed by atoms with Crippen LogP contribution in [0.1, 0.15) is 23.0 Å². The fraction of sp³-hybridized carbons (Fsp3) is 0.136. The van der Waals surface area contributed by atoms with Gasteiger partial charge in [-0.15, -0.1) is 0 Å². The van der Waals surface area contributed by atoms with Crippen LogP contribution in [0.25, 0.3) is 21.8 Å². The van der Waals surface area contributed by atoms with Crippen LogP contribution in [0.3, 0.4) is 0 Å². The number of aromatic nitrogens is 2. The van der Waals surface area contributed by atoms with Crippen molar-refractivity contribution in [1.82, 2.24) is 9.55 Å². The van der Waals surface area contributed by atoms with E-state index in [2.05, 4.69) is 10.3 Å². The number of carbonyl (C=O) groups excluding carboxylic acids is 1. The van der Waals surface area contributed by atoms with Crippen LogP contribution in [0.5, 0.6) is 0 Å². The molecule has 2 heterocycles. The van der Waals surface area contributed by atoms with Crippen molar-refractivity contribution in [3.05, 3.63) is 82.3 Å². The van der Waals surface area contributed by atoms with Crippen LogP contribution in [0, 0.1) is 6.92 Å². The van der Waals surface area contributed by atoms with Crippen molar-refractivity contribution in [1.29, 1.82) is 0 Å². The molecule has 0 atom stereocenters. The number of amides is 1. The van der Waals surface area contributed by atoms with Gasteiger partial charge in [-0.05, 0) is 48.9 Å². The number of rotatable bonds is 3. The molecule has 5 heteroatoms. The summed E-state index contributed by atoms with van der Waals surface area (Å²) < 4.78 is 1.83. The number of hydrogen-bond donors (Lipinski definition) is 1. The monoisotopic (exact) mass is 357 g/mol. The molecule has 0 bridgehead atoms. The first kappa shape index (κ1) is 17.0. The summed E-state index contributed by atoms with van der Waals surface area (Å²) in [4.78, 5) is 30.1. The van der Waals surface area contributed by atoms with Gasteiger partial charge in [0.15, 0.2) is 0 Å². The Labute approximate surface area is 156 Å². The van der Waals surface area contributed by atoms with E-state index in [9.17, 15) is 9.59 Å². The minimum absolute atomic E-state index is 0.114. The second kappa shape index (κ2) is 6.68. The SMILES string of the molecule is CCn1cc(C(=O)Nc2ccc3ccccc3c2)c(=O)c2ccc(C)nc21. The smallest absolute Gasteiger partial charge is 0.261 e. The first-order valence-electron chi connectivity index (χ1n) is 8.88. The zero-order valence-electron chi connectivity index (χ0n) is 15.2. The number of nitrogens with one attached hydrogen (secondary N) is 1. The molecule has 0 radical (unpaired) electrons. The Morgan fingerprint density at radius 1 is 1.07 bits per heavy atom. The summed E-state index contributed by atoms with van der Waals surface area (Å²) in [5, 5.41) is 5.42. The minimum Gasteiger partial charge on any atom is -0.332 e. The molecule has 27 heavy (non-hydrogen) atoms. The van der Waals surface area contributed by atoms with Gasteiger partial charge in [-0.2, -0.15) is 0 Å². The minimum atomic E-state index is -0.417. The van der Waals surface area contributed by atoms with E-state index < -0.39 is 5.91 Å². The zero-order chi connectivity index (χ0) is 19.0. The standard InChI is InChI=1S/C22H19N3O2/c1-3-25-13-19(20(26)18-11-8-14(2)23-21(18)25)22(27)24-17-10-9-15-6-4-5-7-16(15)12-17/h4-13H,3H2,1-2H3,(H,24,27). The molecule has 4 rings (SSSR count). The summed E-state index contributed by atoms with van der Waals surface area (Å²) in [5.41, 5.74) is 1.90. The van der Waals surface area contributed by atoms with Gasteiger partial charge in [-0.25, -0.2) is 4.98 Å². The van der Waals surface area contributed by atoms with Gasteiger partial charge in [0, 0.05) is 24.1 Å². The van der Waals surface area contributed by atoms with E-state index in [1.54, 1.807) is 18.3 Å². The third-order valence-corrected chi connectivity index (χ3v) is 4.65. The van der Waals surface area contributed by atoms with E-state index in [1.165, 1.54) is 0 Å². The van der Waals surface area contributed by atoms with Crippen LogP contribution in [-0.2, 0) is 6.54 Å². The van der Waals surface area contributed by atoms with Crippen LogP contribution >= 0.6 is 0 Å². The van der Waals surface area contributed by atoms with E-state index in [0.717, 1.165) is 16.5 Å². The zero-order valence-corrected chi connectivity index (χ0v) is 15.2. The molecule has 134 valence electrons. The van der Waals surface area contributed by atoms with Gasteiger partial charge in [0.1, 0.15) is 11.2 Å². The van der Waals surface area contributed by atoms with Gasteiger partial charge in [0.05, 0.1) is 5.39 Å². The maximum atomic E-state index is 12.8. The number of pyridine rings is 2. The second-order valence-electron chi connectivity index (χ2n) is 6.50. The fourth-order valence-corrected chi connectivity index (χ4v) is 3.23. The lowest BCUT2D eigenvalue weighted by Crippen LogP contribution is -2.24. The van der Waals surface area contributed by atoms with Crippen molar-refractivity contribution in [3.63, 3.8) is 0 Å². The lowest BCUT2D eigenvalue weighted by molar-refractivity contribution is 0.102. The quantitative estimate of drug-likeness (QED) is 0.600. The summed E-state index contributed by atoms with van der Waals surface area (Å²) in [6.07, 6.45) is 1.59. The molecule has 0 saturated heterocycles. The first-order chi connectivity index (χ1) is 13.1. The van der Waals surface area contributed by atoms with E-state index in [4.69, 9.17) is 0 Å². The summed E-state index contributed by atoms with van der Waals surface area (Å²) in [6, 6.07) is 17.1. The number of fused-ring (bicyclic) bond motifs is 2. The van der Waals surface area contributed by atoms with Crippen molar-refractivity contribution in [2.75, 3.05) is 5.32 Å². The molecule has 0 aliphatic carbocycles. The molecular weight excluding hydrogens is 338 g/mol. The van der Waals surface area contributed by atoms with Crippen molar-refractivity contribution < 1.29 is 4.79 Å². The van der Waals surface area contributed by atoms with Gasteiger partial charge in [-0.1, -0.05) is 30.3 Å². The third kappa shape index (κ3) is 3.08. The normalized spacial score (nSPS) is 11.0. The fourth-order valence-electron chi connectivity index (χ4n) is 3.23. The molecule has 0 fully saturated rings. The molecular formula is C22H19N3O2. The maximum Gasteiger partial charge on any atom is 0.261 e. The summed E-state index contributed by atoms with van der Waals surface area (Å²) in [6.45, 7) is 4.45. The Balaban J connectivity index is 1.76. The predicted molar refractivity (Wildman–Crippen MR) is 108 cm³/mol. The topological polar surface area (TPSA) is 64.0 Å². The Morgan fingerprint density at radius 3 is 2.63 bits per heavy atom. The van der Waals surface area contributed by atoms with Gasteiger partial charge in [-0.3, -0.25) is 9.59 Å². The van der Waals surface area contributed by atoms with Gasteiger partial charge < -0.3 is 9.88 Å². The molecule has 2 aromatic heterocycles. The number of benzene rings is 2. The van der Waals surface area contributed by atoms with Crippen LogP contribution in [-0.4, -0.2) is 15.5 Å². The average Bonchev–Trinajstić information content (AvgIpc) is 2.68. The Hall–Kier alpha value is -3.47. The number of nitrogens with zero attached hydrogens (tertiary/aromatic N) is 2. The highest BCUT2D eigenvalue weighted by atomic mass is 16.2. The highest BCUT2D eigenvalue weighted by Gasteiger charge is 2.16. The molecule has 0 unspecified atom stereocenters. The first-order valence-corrected chi connectivity index (χ1v) is 8.88. The lowest BCUT2D eigenvalue weighted by Gasteiger charge is -2.12. The molecule has 1 amide bonds. The van der Waals surface area contributed by atoms with Gasteiger partial charge in [0.25, 0.3) is 5.91 Å². The number of aryl methyl sites for hydroxylation is 2. The van der Waals surface area contributed by atoms with Crippen molar-refractivity contribution in [2.24, 2.45) is 0 Å². The van der Waals surface area contributed by atoms with Crippen LogP contribution in [0.2, 0.25) is 0 Å². The van der Waals surface area contributed by atoms with E-state index in [-0.39, 0.29) is 11.0 Å². The number of carbonyl (C=O) groups is 1. The highest BCUT2D eigenvalue weighted by Crippen LogP contribution is 2.19. The number of hydrogen-bond acceptors (Lipinski definition) is 3. The van der Waals surface area contributed by atoms with Crippen LogP contribution in [0.4, 0.5) is 5.69 Å². The molecule has 2 aromatic carbocycles. The van der Waals surface area contributed by atoms with Gasteiger partial charge in [0.2, 0.25) is 5.43 Å². The largest absolute Gasteiger partial charge is 0.332 e. The lowest BCUT2D eigenvalue weighted by atomic mass is 10.1. The molecule has 0 aliphatic rings. The molecule has 0 spiro atoms. The molecule has 1 N–H and O–H groups in total. The molecule has 5 nitrogen and oxygen atoms in total. The summed E-state index contributed by atoms with van der Waals surface area (Å²) in [5.74, 6) is -0.417. The van der Waals surface area contributed by atoms with Crippen LogP contribution in [0.15, 0.2) is 65.6 Å². The second-order valence-corrected chi connectivity index (χ2v) is 6.50. The number of anilines is 1. The van der Waals surface area contributed by atoms with Crippen LogP contribution < -0.4 is 10.7 Å². The van der Waals surface area contributed by atoms with E-state index >= 15 is 0 Å².